The largest absolute Gasteiger partial charge is 0.488 e. The first-order chi connectivity index (χ1) is 11.7. The zero-order valence-electron chi connectivity index (χ0n) is 14.0. The molecule has 0 fully saturated rings. The Kier molecular flexibility index (Phi) is 5.46. The molecule has 0 unspecified atom stereocenters. The van der Waals surface area contributed by atoms with E-state index >= 15 is 0 Å². The number of benzene rings is 1. The van der Waals surface area contributed by atoms with Crippen LogP contribution < -0.4 is 10.1 Å². The monoisotopic (exact) mass is 329 g/mol. The SMILES string of the molecule is CCCc1noc(CCCC(=O)NC[C@H]2Cc3ccccc3O2)n1. The minimum absolute atomic E-state index is 0.0268. The quantitative estimate of drug-likeness (QED) is 0.805. The number of hydrogen-bond acceptors (Lipinski definition) is 5. The van der Waals surface area contributed by atoms with Crippen molar-refractivity contribution in [2.45, 2.75) is 51.6 Å². The fourth-order valence-corrected chi connectivity index (χ4v) is 2.80. The van der Waals surface area contributed by atoms with Gasteiger partial charge in [-0.2, -0.15) is 4.98 Å². The van der Waals surface area contributed by atoms with Crippen LogP contribution in [0.3, 0.4) is 0 Å². The van der Waals surface area contributed by atoms with Crippen LogP contribution in [0.5, 0.6) is 5.75 Å². The third-order valence-electron chi connectivity index (χ3n) is 4.02. The summed E-state index contributed by atoms with van der Waals surface area (Å²) >= 11 is 0. The Balaban J connectivity index is 1.33. The lowest BCUT2D eigenvalue weighted by atomic mass is 10.1. The minimum Gasteiger partial charge on any atom is -0.488 e. The molecule has 2 aromatic rings. The van der Waals surface area contributed by atoms with Gasteiger partial charge >= 0.3 is 0 Å². The summed E-state index contributed by atoms with van der Waals surface area (Å²) in [5.74, 6) is 2.31. The Hall–Kier alpha value is -2.37. The van der Waals surface area contributed by atoms with E-state index < -0.39 is 0 Å². The molecule has 2 heterocycles. The van der Waals surface area contributed by atoms with Gasteiger partial charge in [-0.15, -0.1) is 0 Å². The Morgan fingerprint density at radius 2 is 2.21 bits per heavy atom. The molecule has 6 heteroatoms. The topological polar surface area (TPSA) is 77.2 Å². The third kappa shape index (κ3) is 4.34. The maximum Gasteiger partial charge on any atom is 0.226 e. The first-order valence-electron chi connectivity index (χ1n) is 8.57. The first kappa shape index (κ1) is 16.5. The zero-order chi connectivity index (χ0) is 16.8. The van der Waals surface area contributed by atoms with Crippen molar-refractivity contribution < 1.29 is 14.1 Å². The Labute approximate surface area is 141 Å². The number of aromatic nitrogens is 2. The van der Waals surface area contributed by atoms with Crippen LogP contribution >= 0.6 is 0 Å². The van der Waals surface area contributed by atoms with Gasteiger partial charge in [-0.3, -0.25) is 4.79 Å². The molecule has 0 aliphatic carbocycles. The summed E-state index contributed by atoms with van der Waals surface area (Å²) in [6, 6.07) is 8.00. The highest BCUT2D eigenvalue weighted by Gasteiger charge is 2.22. The highest BCUT2D eigenvalue weighted by Crippen LogP contribution is 2.27. The van der Waals surface area contributed by atoms with Crippen molar-refractivity contribution in [2.24, 2.45) is 0 Å². The van der Waals surface area contributed by atoms with Crippen molar-refractivity contribution in [3.8, 4) is 5.75 Å². The number of carbonyl (C=O) groups excluding carboxylic acids is 1. The molecule has 24 heavy (non-hydrogen) atoms. The van der Waals surface area contributed by atoms with E-state index in [1.807, 2.05) is 18.2 Å². The fourth-order valence-electron chi connectivity index (χ4n) is 2.80. The number of amides is 1. The van der Waals surface area contributed by atoms with Crippen LogP contribution in [-0.4, -0.2) is 28.7 Å². The van der Waals surface area contributed by atoms with Crippen molar-refractivity contribution in [1.82, 2.24) is 15.5 Å². The van der Waals surface area contributed by atoms with E-state index in [0.717, 1.165) is 30.8 Å². The molecule has 1 aliphatic heterocycles. The van der Waals surface area contributed by atoms with Gasteiger partial charge in [0, 0.05) is 25.7 Å². The lowest BCUT2D eigenvalue weighted by molar-refractivity contribution is -0.121. The molecule has 1 aromatic heterocycles. The Morgan fingerprint density at radius 1 is 1.33 bits per heavy atom. The average Bonchev–Trinajstić information content (AvgIpc) is 3.19. The molecule has 128 valence electrons. The number of fused-ring (bicyclic) bond motifs is 1. The van der Waals surface area contributed by atoms with Crippen LogP contribution in [0.15, 0.2) is 28.8 Å². The van der Waals surface area contributed by atoms with Crippen LogP contribution in [0.2, 0.25) is 0 Å². The molecule has 0 bridgehead atoms. The van der Waals surface area contributed by atoms with E-state index in [9.17, 15) is 4.79 Å². The van der Waals surface area contributed by atoms with Gasteiger partial charge in [-0.25, -0.2) is 0 Å². The zero-order valence-corrected chi connectivity index (χ0v) is 14.0. The van der Waals surface area contributed by atoms with Gasteiger partial charge in [0.05, 0.1) is 6.54 Å². The van der Waals surface area contributed by atoms with Crippen molar-refractivity contribution in [3.63, 3.8) is 0 Å². The van der Waals surface area contributed by atoms with Crippen molar-refractivity contribution in [1.29, 1.82) is 0 Å². The van der Waals surface area contributed by atoms with Gasteiger partial charge in [0.2, 0.25) is 11.8 Å². The maximum absolute atomic E-state index is 11.9. The summed E-state index contributed by atoms with van der Waals surface area (Å²) in [4.78, 5) is 16.2. The van der Waals surface area contributed by atoms with Crippen LogP contribution in [0.25, 0.3) is 0 Å². The summed E-state index contributed by atoms with van der Waals surface area (Å²) < 4.78 is 11.0. The number of aryl methyl sites for hydroxylation is 2. The van der Waals surface area contributed by atoms with Crippen LogP contribution in [0.1, 0.15) is 43.5 Å². The van der Waals surface area contributed by atoms with Gasteiger partial charge < -0.3 is 14.6 Å². The van der Waals surface area contributed by atoms with Crippen LogP contribution in [0, 0.1) is 0 Å². The van der Waals surface area contributed by atoms with E-state index in [-0.39, 0.29) is 12.0 Å². The molecule has 3 rings (SSSR count). The number of carbonyl (C=O) groups is 1. The third-order valence-corrected chi connectivity index (χ3v) is 4.02. The first-order valence-corrected chi connectivity index (χ1v) is 8.57. The summed E-state index contributed by atoms with van der Waals surface area (Å²) in [5, 5.41) is 6.85. The van der Waals surface area contributed by atoms with Gasteiger partial charge in [0.15, 0.2) is 5.82 Å². The van der Waals surface area contributed by atoms with Gasteiger partial charge in [-0.1, -0.05) is 30.3 Å². The number of ether oxygens (including phenoxy) is 1. The summed E-state index contributed by atoms with van der Waals surface area (Å²) in [7, 11) is 0. The Morgan fingerprint density at radius 3 is 3.04 bits per heavy atom. The van der Waals surface area contributed by atoms with Crippen LogP contribution in [0.4, 0.5) is 0 Å². The molecular weight excluding hydrogens is 306 g/mol. The molecule has 1 aromatic carbocycles. The van der Waals surface area contributed by atoms with Crippen LogP contribution in [-0.2, 0) is 24.1 Å². The average molecular weight is 329 g/mol. The summed E-state index contributed by atoms with van der Waals surface area (Å²) in [5.41, 5.74) is 1.20. The number of nitrogens with one attached hydrogen (secondary N) is 1. The van der Waals surface area contributed by atoms with Gasteiger partial charge in [0.25, 0.3) is 0 Å². The molecule has 0 spiro atoms. The molecule has 0 radical (unpaired) electrons. The summed E-state index contributed by atoms with van der Waals surface area (Å²) in [6.45, 7) is 2.61. The number of hydrogen-bond donors (Lipinski definition) is 1. The summed E-state index contributed by atoms with van der Waals surface area (Å²) in [6.07, 6.45) is 4.48. The van der Waals surface area contributed by atoms with Gasteiger partial charge in [0.1, 0.15) is 11.9 Å². The van der Waals surface area contributed by atoms with E-state index in [2.05, 4.69) is 28.4 Å². The van der Waals surface area contributed by atoms with Crippen molar-refractivity contribution >= 4 is 5.91 Å². The number of para-hydroxylation sites is 1. The van der Waals surface area contributed by atoms with E-state index in [0.29, 0.717) is 31.7 Å². The van der Waals surface area contributed by atoms with E-state index in [1.54, 1.807) is 0 Å². The molecule has 1 atom stereocenters. The Bertz CT molecular complexity index is 659. The predicted molar refractivity (Wildman–Crippen MR) is 88.8 cm³/mol. The molecule has 0 saturated carbocycles. The predicted octanol–water partition coefficient (Wildman–Crippen LogP) is 2.46. The van der Waals surface area contributed by atoms with E-state index in [1.165, 1.54) is 5.56 Å². The molecule has 1 aliphatic rings. The molecule has 1 N–H and O–H groups in total. The molecule has 6 nitrogen and oxygen atoms in total. The molecule has 1 amide bonds. The highest BCUT2D eigenvalue weighted by atomic mass is 16.5. The van der Waals surface area contributed by atoms with Gasteiger partial charge in [-0.05, 0) is 24.5 Å². The highest BCUT2D eigenvalue weighted by molar-refractivity contribution is 5.75. The normalized spacial score (nSPS) is 15.8. The second kappa shape index (κ2) is 7.95. The second-order valence-corrected chi connectivity index (χ2v) is 6.06. The van der Waals surface area contributed by atoms with E-state index in [4.69, 9.17) is 9.26 Å². The number of rotatable bonds is 8. The fraction of sp³-hybridized carbons (Fsp3) is 0.500. The second-order valence-electron chi connectivity index (χ2n) is 6.06. The molecule has 0 saturated heterocycles. The molecular formula is C18H23N3O3. The van der Waals surface area contributed by atoms with Crippen molar-refractivity contribution in [3.05, 3.63) is 41.5 Å². The standard InChI is InChI=1S/C18H23N3O3/c1-2-6-16-20-18(24-21-16)10-5-9-17(22)19-12-14-11-13-7-3-4-8-15(13)23-14/h3-4,7-8,14H,2,5-6,9-12H2,1H3,(H,19,22)/t14-/m1/s1. The lowest BCUT2D eigenvalue weighted by Gasteiger charge is -2.11. The minimum atomic E-state index is 0.0268. The maximum atomic E-state index is 11.9. The van der Waals surface area contributed by atoms with Crippen molar-refractivity contribution in [2.75, 3.05) is 6.54 Å². The number of nitrogens with zero attached hydrogens (tertiary/aromatic N) is 2. The smallest absolute Gasteiger partial charge is 0.226 e. The lowest BCUT2D eigenvalue weighted by Crippen LogP contribution is -2.34.